The van der Waals surface area contributed by atoms with Gasteiger partial charge in [-0.15, -0.1) is 0 Å². The molecule has 0 aliphatic carbocycles. The summed E-state index contributed by atoms with van der Waals surface area (Å²) >= 11 is 0. The lowest BCUT2D eigenvalue weighted by molar-refractivity contribution is -0.179. The van der Waals surface area contributed by atoms with Crippen molar-refractivity contribution in [3.8, 4) is 0 Å². The van der Waals surface area contributed by atoms with Crippen LogP contribution in [0.5, 0.6) is 0 Å². The molecule has 5 nitrogen and oxygen atoms in total. The Bertz CT molecular complexity index is 194. The van der Waals surface area contributed by atoms with Crippen LogP contribution in [0.25, 0.3) is 0 Å². The Kier molecular flexibility index (Phi) is 2.90. The number of hydrogen-bond acceptors (Lipinski definition) is 4. The van der Waals surface area contributed by atoms with E-state index >= 15 is 0 Å². The van der Waals surface area contributed by atoms with E-state index in [2.05, 4.69) is 0 Å². The lowest BCUT2D eigenvalue weighted by atomic mass is 9.96. The fourth-order valence-electron chi connectivity index (χ4n) is 1.65. The molecule has 1 saturated heterocycles. The molecule has 5 heteroatoms. The molecule has 1 rings (SSSR count). The number of piperidine rings is 1. The second-order valence-corrected chi connectivity index (χ2v) is 3.45. The van der Waals surface area contributed by atoms with Crippen molar-refractivity contribution in [1.82, 2.24) is 4.90 Å². The summed E-state index contributed by atoms with van der Waals surface area (Å²) in [6.45, 7) is 2.94. The van der Waals surface area contributed by atoms with Gasteiger partial charge in [0, 0.05) is 13.3 Å². The molecule has 1 aliphatic heterocycles. The van der Waals surface area contributed by atoms with Crippen LogP contribution in [0, 0.1) is 0 Å². The Morgan fingerprint density at radius 3 is 2.31 bits per heavy atom. The molecule has 0 spiro atoms. The number of carbonyl (C=O) groups excluding carboxylic acids is 1. The fourth-order valence-corrected chi connectivity index (χ4v) is 1.65. The SMILES string of the molecule is CC(=O)N1C(O)[C@H](O)C[C@@H](O)[C@H]1C. The number of carbonyl (C=O) groups is 1. The quantitative estimate of drug-likeness (QED) is 0.441. The number of amides is 1. The lowest BCUT2D eigenvalue weighted by Gasteiger charge is -2.42. The number of aliphatic hydroxyl groups excluding tert-OH is 3. The van der Waals surface area contributed by atoms with Gasteiger partial charge in [0.05, 0.1) is 12.1 Å². The Labute approximate surface area is 76.6 Å². The summed E-state index contributed by atoms with van der Waals surface area (Å²) in [7, 11) is 0. The minimum Gasteiger partial charge on any atom is -0.391 e. The molecule has 0 radical (unpaired) electrons. The molecular weight excluding hydrogens is 174 g/mol. The van der Waals surface area contributed by atoms with E-state index in [1.807, 2.05) is 0 Å². The van der Waals surface area contributed by atoms with E-state index in [0.717, 1.165) is 4.90 Å². The first-order valence-corrected chi connectivity index (χ1v) is 4.28. The van der Waals surface area contributed by atoms with Crippen LogP contribution >= 0.6 is 0 Å². The Hall–Kier alpha value is -0.650. The maximum absolute atomic E-state index is 11.1. The van der Waals surface area contributed by atoms with Gasteiger partial charge in [-0.3, -0.25) is 4.79 Å². The first-order valence-electron chi connectivity index (χ1n) is 4.28. The van der Waals surface area contributed by atoms with Gasteiger partial charge in [-0.05, 0) is 6.92 Å². The zero-order valence-corrected chi connectivity index (χ0v) is 7.71. The standard InChI is InChI=1S/C8H15NO4/c1-4-6(11)3-7(12)8(13)9(4)5(2)10/h4,6-8,11-13H,3H2,1-2H3/t4-,6-,7-,8?/m1/s1. The minimum absolute atomic E-state index is 0.103. The van der Waals surface area contributed by atoms with E-state index in [1.54, 1.807) is 6.92 Å². The molecule has 1 heterocycles. The van der Waals surface area contributed by atoms with Crippen molar-refractivity contribution in [2.75, 3.05) is 0 Å². The van der Waals surface area contributed by atoms with Crippen molar-refractivity contribution in [2.45, 2.75) is 44.7 Å². The van der Waals surface area contributed by atoms with Gasteiger partial charge in [0.2, 0.25) is 5.91 Å². The summed E-state index contributed by atoms with van der Waals surface area (Å²) in [5, 5.41) is 28.1. The summed E-state index contributed by atoms with van der Waals surface area (Å²) in [4.78, 5) is 12.2. The number of likely N-dealkylation sites (tertiary alicyclic amines) is 1. The minimum atomic E-state index is -1.20. The number of rotatable bonds is 0. The number of aliphatic hydroxyl groups is 3. The van der Waals surface area contributed by atoms with Crippen LogP contribution in [0.3, 0.4) is 0 Å². The Morgan fingerprint density at radius 1 is 1.31 bits per heavy atom. The predicted octanol–water partition coefficient (Wildman–Crippen LogP) is -1.33. The van der Waals surface area contributed by atoms with Gasteiger partial charge >= 0.3 is 0 Å². The normalized spacial score (nSPS) is 40.5. The third kappa shape index (κ3) is 1.82. The molecule has 0 saturated carbocycles. The highest BCUT2D eigenvalue weighted by Gasteiger charge is 2.39. The Morgan fingerprint density at radius 2 is 1.85 bits per heavy atom. The van der Waals surface area contributed by atoms with Crippen LogP contribution in [0.4, 0.5) is 0 Å². The summed E-state index contributed by atoms with van der Waals surface area (Å²) in [5.74, 6) is -0.349. The first kappa shape index (κ1) is 10.4. The summed E-state index contributed by atoms with van der Waals surface area (Å²) in [6, 6.07) is -0.448. The van der Waals surface area contributed by atoms with Gasteiger partial charge in [0.25, 0.3) is 0 Å². The molecule has 0 aromatic carbocycles. The van der Waals surface area contributed by atoms with Crippen LogP contribution < -0.4 is 0 Å². The highest BCUT2D eigenvalue weighted by molar-refractivity contribution is 5.74. The van der Waals surface area contributed by atoms with Crippen molar-refractivity contribution in [2.24, 2.45) is 0 Å². The molecule has 1 aliphatic rings. The number of hydrogen-bond donors (Lipinski definition) is 3. The van der Waals surface area contributed by atoms with Crippen LogP contribution in [-0.2, 0) is 4.79 Å². The molecule has 1 unspecified atom stereocenters. The first-order chi connectivity index (χ1) is 5.95. The molecule has 1 fully saturated rings. The van der Waals surface area contributed by atoms with E-state index in [9.17, 15) is 20.1 Å². The summed E-state index contributed by atoms with van der Waals surface area (Å²) < 4.78 is 0. The topological polar surface area (TPSA) is 81.0 Å². The molecular formula is C8H15NO4. The van der Waals surface area contributed by atoms with Crippen LogP contribution in [0.2, 0.25) is 0 Å². The highest BCUT2D eigenvalue weighted by Crippen LogP contribution is 2.22. The Balaban J connectivity index is 2.82. The highest BCUT2D eigenvalue weighted by atomic mass is 16.4. The summed E-state index contributed by atoms with van der Waals surface area (Å²) in [6.07, 6.45) is -2.93. The van der Waals surface area contributed by atoms with Gasteiger partial charge in [-0.2, -0.15) is 0 Å². The van der Waals surface area contributed by atoms with Gasteiger partial charge in [-0.1, -0.05) is 0 Å². The smallest absolute Gasteiger partial charge is 0.221 e. The predicted molar refractivity (Wildman–Crippen MR) is 44.6 cm³/mol. The molecule has 0 aromatic heterocycles. The second-order valence-electron chi connectivity index (χ2n) is 3.45. The van der Waals surface area contributed by atoms with Crippen molar-refractivity contribution in [3.63, 3.8) is 0 Å². The monoisotopic (exact) mass is 189 g/mol. The van der Waals surface area contributed by atoms with Crippen molar-refractivity contribution in [1.29, 1.82) is 0 Å². The third-order valence-corrected chi connectivity index (χ3v) is 2.47. The van der Waals surface area contributed by atoms with Gasteiger partial charge in [-0.25, -0.2) is 0 Å². The molecule has 76 valence electrons. The number of nitrogens with zero attached hydrogens (tertiary/aromatic N) is 1. The second kappa shape index (κ2) is 3.61. The maximum Gasteiger partial charge on any atom is 0.221 e. The maximum atomic E-state index is 11.1. The van der Waals surface area contributed by atoms with E-state index in [-0.39, 0.29) is 12.3 Å². The van der Waals surface area contributed by atoms with E-state index in [0.29, 0.717) is 0 Å². The zero-order valence-electron chi connectivity index (χ0n) is 7.71. The third-order valence-electron chi connectivity index (χ3n) is 2.47. The van der Waals surface area contributed by atoms with Crippen LogP contribution in [0.1, 0.15) is 20.3 Å². The van der Waals surface area contributed by atoms with Crippen LogP contribution in [0.15, 0.2) is 0 Å². The average Bonchev–Trinajstić information content (AvgIpc) is 2.01. The van der Waals surface area contributed by atoms with Crippen LogP contribution in [-0.4, -0.2) is 50.6 Å². The van der Waals surface area contributed by atoms with E-state index < -0.39 is 24.5 Å². The fraction of sp³-hybridized carbons (Fsp3) is 0.875. The van der Waals surface area contributed by atoms with Crippen molar-refractivity contribution < 1.29 is 20.1 Å². The molecule has 0 bridgehead atoms. The molecule has 3 N–H and O–H groups in total. The van der Waals surface area contributed by atoms with Crippen molar-refractivity contribution >= 4 is 5.91 Å². The molecule has 1 amide bonds. The molecule has 0 aromatic rings. The summed E-state index contributed by atoms with van der Waals surface area (Å²) in [5.41, 5.74) is 0. The average molecular weight is 189 g/mol. The largest absolute Gasteiger partial charge is 0.391 e. The van der Waals surface area contributed by atoms with Gasteiger partial charge in [0.1, 0.15) is 6.10 Å². The van der Waals surface area contributed by atoms with Gasteiger partial charge < -0.3 is 20.2 Å². The lowest BCUT2D eigenvalue weighted by Crippen LogP contribution is -2.59. The zero-order chi connectivity index (χ0) is 10.2. The molecule has 13 heavy (non-hydrogen) atoms. The van der Waals surface area contributed by atoms with Crippen molar-refractivity contribution in [3.05, 3.63) is 0 Å². The van der Waals surface area contributed by atoms with Gasteiger partial charge in [0.15, 0.2) is 6.23 Å². The van der Waals surface area contributed by atoms with E-state index in [1.165, 1.54) is 6.92 Å². The molecule has 4 atom stereocenters. The van der Waals surface area contributed by atoms with E-state index in [4.69, 9.17) is 0 Å².